The molecule has 0 aliphatic rings. The minimum atomic E-state index is -2.17. The first-order valence-corrected chi connectivity index (χ1v) is 4.64. The molecule has 1 N–H and O–H groups in total. The molecule has 0 spiro atoms. The molecule has 1 atom stereocenters. The van der Waals surface area contributed by atoms with Crippen molar-refractivity contribution in [1.82, 2.24) is 4.72 Å². The van der Waals surface area contributed by atoms with Gasteiger partial charge in [-0.15, -0.1) is 0 Å². The number of aryl methyl sites for hydroxylation is 1. The Morgan fingerprint density at radius 2 is 2.33 bits per heavy atom. The van der Waals surface area contributed by atoms with Crippen molar-refractivity contribution in [2.24, 2.45) is 0 Å². The van der Waals surface area contributed by atoms with E-state index in [0.717, 1.165) is 11.1 Å². The Morgan fingerprint density at radius 3 is 2.92 bits per heavy atom. The average Bonchev–Trinajstić information content (AvgIpc) is 2.01. The second kappa shape index (κ2) is 4.35. The predicted molar refractivity (Wildman–Crippen MR) is 46.9 cm³/mol. The van der Waals surface area contributed by atoms with Gasteiger partial charge in [-0.25, -0.2) is 4.72 Å². The van der Waals surface area contributed by atoms with Crippen LogP contribution in [0.4, 0.5) is 0 Å². The van der Waals surface area contributed by atoms with Crippen molar-refractivity contribution in [1.29, 1.82) is 0 Å². The number of nitrogens with one attached hydrogen (secondary N) is 1. The van der Waals surface area contributed by atoms with E-state index in [1.165, 1.54) is 0 Å². The zero-order valence-electron chi connectivity index (χ0n) is 6.74. The molecule has 0 heterocycles. The second-order valence-electron chi connectivity index (χ2n) is 2.54. The van der Waals surface area contributed by atoms with Crippen molar-refractivity contribution < 1.29 is 8.76 Å². The van der Waals surface area contributed by atoms with Gasteiger partial charge >= 0.3 is 0 Å². The van der Waals surface area contributed by atoms with Crippen LogP contribution >= 0.6 is 0 Å². The first-order valence-electron chi connectivity index (χ1n) is 3.57. The normalized spacial score (nSPS) is 12.8. The highest BCUT2D eigenvalue weighted by Crippen LogP contribution is 2.02. The summed E-state index contributed by atoms with van der Waals surface area (Å²) in [6, 6.07) is 7.70. The summed E-state index contributed by atoms with van der Waals surface area (Å²) in [6.07, 6.45) is 0. The number of hydrogen-bond acceptors (Lipinski definition) is 2. The van der Waals surface area contributed by atoms with Gasteiger partial charge in [-0.2, -0.15) is 0 Å². The van der Waals surface area contributed by atoms with Crippen molar-refractivity contribution in [2.75, 3.05) is 0 Å². The highest BCUT2D eigenvalue weighted by molar-refractivity contribution is 7.77. The molecule has 1 aromatic rings. The Balaban J connectivity index is 2.57. The molecule has 1 rings (SSSR count). The Hall–Kier alpha value is -0.710. The van der Waals surface area contributed by atoms with Crippen molar-refractivity contribution in [3.05, 3.63) is 35.4 Å². The summed E-state index contributed by atoms with van der Waals surface area (Å²) in [4.78, 5) is 0. The smallest absolute Gasteiger partial charge is 0.0322 e. The van der Waals surface area contributed by atoms with Gasteiger partial charge in [0.05, 0.1) is 0 Å². The zero-order chi connectivity index (χ0) is 8.97. The average molecular weight is 184 g/mol. The lowest BCUT2D eigenvalue weighted by atomic mass is 10.1. The van der Waals surface area contributed by atoms with E-state index in [1.54, 1.807) is 0 Å². The highest BCUT2D eigenvalue weighted by atomic mass is 32.2. The molecule has 0 bridgehead atoms. The number of rotatable bonds is 3. The predicted octanol–water partition coefficient (Wildman–Crippen LogP) is 0.879. The monoisotopic (exact) mass is 184 g/mol. The van der Waals surface area contributed by atoms with Gasteiger partial charge in [-0.05, 0) is 12.5 Å². The quantitative estimate of drug-likeness (QED) is 0.709. The minimum Gasteiger partial charge on any atom is -0.760 e. The number of benzene rings is 1. The maximum atomic E-state index is 10.1. The maximum absolute atomic E-state index is 10.1. The molecule has 1 unspecified atom stereocenters. The lowest BCUT2D eigenvalue weighted by Crippen LogP contribution is -2.15. The van der Waals surface area contributed by atoms with Crippen LogP contribution in [0.2, 0.25) is 0 Å². The van der Waals surface area contributed by atoms with Crippen molar-refractivity contribution in [3.8, 4) is 0 Å². The third kappa shape index (κ3) is 3.13. The van der Waals surface area contributed by atoms with Crippen molar-refractivity contribution >= 4 is 11.3 Å². The van der Waals surface area contributed by atoms with Crippen LogP contribution in [0.1, 0.15) is 11.1 Å². The molecule has 0 amide bonds. The van der Waals surface area contributed by atoms with E-state index in [2.05, 4.69) is 4.72 Å². The van der Waals surface area contributed by atoms with Crippen LogP contribution in [0, 0.1) is 6.92 Å². The van der Waals surface area contributed by atoms with Gasteiger partial charge in [0.15, 0.2) is 0 Å². The summed E-state index contributed by atoms with van der Waals surface area (Å²) < 4.78 is 22.6. The highest BCUT2D eigenvalue weighted by Gasteiger charge is 1.91. The van der Waals surface area contributed by atoms with Gasteiger partial charge < -0.3 is 4.55 Å². The van der Waals surface area contributed by atoms with Gasteiger partial charge in [0.2, 0.25) is 0 Å². The van der Waals surface area contributed by atoms with Crippen LogP contribution in [0.25, 0.3) is 0 Å². The molecule has 12 heavy (non-hydrogen) atoms. The summed E-state index contributed by atoms with van der Waals surface area (Å²) in [5.74, 6) is 0. The van der Waals surface area contributed by atoms with E-state index in [4.69, 9.17) is 0 Å². The summed E-state index contributed by atoms with van der Waals surface area (Å²) in [7, 11) is 0. The molecule has 0 saturated heterocycles. The summed E-state index contributed by atoms with van der Waals surface area (Å²) in [5.41, 5.74) is 2.10. The Labute approximate surface area is 74.2 Å². The molecular formula is C8H10NO2S-. The SMILES string of the molecule is Cc1cccc(CNS(=O)[O-])c1. The van der Waals surface area contributed by atoms with Crippen LogP contribution in [-0.2, 0) is 17.8 Å². The molecular weight excluding hydrogens is 174 g/mol. The Kier molecular flexibility index (Phi) is 3.40. The van der Waals surface area contributed by atoms with E-state index in [-0.39, 0.29) is 0 Å². The molecule has 0 aliphatic carbocycles. The van der Waals surface area contributed by atoms with Gasteiger partial charge in [0.25, 0.3) is 0 Å². The van der Waals surface area contributed by atoms with E-state index >= 15 is 0 Å². The second-order valence-corrected chi connectivity index (χ2v) is 3.30. The van der Waals surface area contributed by atoms with Crippen LogP contribution < -0.4 is 4.72 Å². The third-order valence-electron chi connectivity index (χ3n) is 1.48. The Morgan fingerprint density at radius 1 is 1.58 bits per heavy atom. The molecule has 1 aromatic carbocycles. The molecule has 0 aliphatic heterocycles. The third-order valence-corrected chi connectivity index (χ3v) is 1.86. The summed E-state index contributed by atoms with van der Waals surface area (Å²) in [6.45, 7) is 2.33. The van der Waals surface area contributed by atoms with Gasteiger partial charge in [-0.1, -0.05) is 29.8 Å². The molecule has 0 aromatic heterocycles. The lowest BCUT2D eigenvalue weighted by molar-refractivity contribution is 0.522. The fourth-order valence-corrected chi connectivity index (χ4v) is 1.25. The van der Waals surface area contributed by atoms with E-state index < -0.39 is 11.3 Å². The Bertz CT molecular complexity index is 288. The van der Waals surface area contributed by atoms with Gasteiger partial charge in [0.1, 0.15) is 0 Å². The molecule has 4 heteroatoms. The first-order chi connectivity index (χ1) is 5.68. The van der Waals surface area contributed by atoms with E-state index in [1.807, 2.05) is 31.2 Å². The zero-order valence-corrected chi connectivity index (χ0v) is 7.56. The van der Waals surface area contributed by atoms with Crippen LogP contribution in [0.15, 0.2) is 24.3 Å². The van der Waals surface area contributed by atoms with Crippen LogP contribution in [0.5, 0.6) is 0 Å². The first kappa shape index (κ1) is 9.38. The van der Waals surface area contributed by atoms with Crippen molar-refractivity contribution in [3.63, 3.8) is 0 Å². The molecule has 0 saturated carbocycles. The fraction of sp³-hybridized carbons (Fsp3) is 0.250. The summed E-state index contributed by atoms with van der Waals surface area (Å²) in [5, 5.41) is 0. The van der Waals surface area contributed by atoms with Gasteiger partial charge in [-0.3, -0.25) is 4.21 Å². The molecule has 0 radical (unpaired) electrons. The fourth-order valence-electron chi connectivity index (χ4n) is 0.964. The standard InChI is InChI=1S/C8H11NO2S/c1-7-3-2-4-8(5-7)6-9-12(10)11/h2-5,9H,6H2,1H3,(H,10,11)/p-1. The van der Waals surface area contributed by atoms with Gasteiger partial charge in [0, 0.05) is 17.8 Å². The van der Waals surface area contributed by atoms with E-state index in [9.17, 15) is 8.76 Å². The van der Waals surface area contributed by atoms with E-state index in [0.29, 0.717) is 6.54 Å². The van der Waals surface area contributed by atoms with Crippen LogP contribution in [0.3, 0.4) is 0 Å². The maximum Gasteiger partial charge on any atom is 0.0322 e. The largest absolute Gasteiger partial charge is 0.760 e. The van der Waals surface area contributed by atoms with Crippen LogP contribution in [-0.4, -0.2) is 8.76 Å². The molecule has 3 nitrogen and oxygen atoms in total. The number of hydrogen-bond donors (Lipinski definition) is 1. The topological polar surface area (TPSA) is 52.2 Å². The van der Waals surface area contributed by atoms with Crippen molar-refractivity contribution in [2.45, 2.75) is 13.5 Å². The lowest BCUT2D eigenvalue weighted by Gasteiger charge is -2.06. The molecule has 66 valence electrons. The minimum absolute atomic E-state index is 0.359. The summed E-state index contributed by atoms with van der Waals surface area (Å²) >= 11 is -2.17. The molecule has 0 fully saturated rings.